The highest BCUT2D eigenvalue weighted by Gasteiger charge is 2.06. The van der Waals surface area contributed by atoms with E-state index in [2.05, 4.69) is 43.8 Å². The molecule has 0 atom stereocenters. The number of benzene rings is 2. The largest absolute Gasteiger partial charge is 0.322 e. The van der Waals surface area contributed by atoms with Crippen molar-refractivity contribution in [3.05, 3.63) is 62.1 Å². The normalized spacial score (nSPS) is 10.0. The fourth-order valence-corrected chi connectivity index (χ4v) is 2.34. The molecule has 2 rings (SSSR count). The number of carbonyl (C=O) groups excluding carboxylic acids is 1. The Bertz CT molecular complexity index is 557. The lowest BCUT2D eigenvalue weighted by atomic mass is 10.2. The molecule has 0 aromatic heterocycles. The molecule has 0 aliphatic rings. The number of nitrogens with one attached hydrogen (secondary N) is 1. The van der Waals surface area contributed by atoms with Crippen molar-refractivity contribution < 1.29 is 4.79 Å². The van der Waals surface area contributed by atoms with Gasteiger partial charge >= 0.3 is 0 Å². The third kappa shape index (κ3) is 3.54. The van der Waals surface area contributed by atoms with Crippen molar-refractivity contribution in [2.75, 3.05) is 5.32 Å². The van der Waals surface area contributed by atoms with Gasteiger partial charge in [-0.1, -0.05) is 28.1 Å². The summed E-state index contributed by atoms with van der Waals surface area (Å²) < 4.78 is 1.99. The molecule has 86 valence electrons. The van der Waals surface area contributed by atoms with Crippen molar-refractivity contribution in [3.8, 4) is 0 Å². The summed E-state index contributed by atoms with van der Waals surface area (Å²) >= 11 is 5.56. The summed E-state index contributed by atoms with van der Waals surface area (Å²) in [5.74, 6) is -0.103. The van der Waals surface area contributed by atoms with E-state index in [1.807, 2.05) is 36.4 Å². The van der Waals surface area contributed by atoms with Gasteiger partial charge in [-0.15, -0.1) is 0 Å². The van der Waals surface area contributed by atoms with Crippen LogP contribution in [0.1, 0.15) is 10.4 Å². The van der Waals surface area contributed by atoms with Gasteiger partial charge in [0, 0.05) is 19.3 Å². The van der Waals surface area contributed by atoms with Gasteiger partial charge in [0.25, 0.3) is 5.91 Å². The predicted molar refractivity (Wildman–Crippen MR) is 81.3 cm³/mol. The van der Waals surface area contributed by atoms with Crippen LogP contribution in [0.4, 0.5) is 5.69 Å². The molecule has 0 heterocycles. The molecular weight excluding hydrogens is 393 g/mol. The van der Waals surface area contributed by atoms with Crippen LogP contribution < -0.4 is 5.32 Å². The second-order valence-electron chi connectivity index (χ2n) is 3.47. The van der Waals surface area contributed by atoms with Gasteiger partial charge in [0.1, 0.15) is 0 Å². The maximum atomic E-state index is 11.9. The summed E-state index contributed by atoms with van der Waals surface area (Å²) in [5, 5.41) is 2.86. The van der Waals surface area contributed by atoms with Gasteiger partial charge < -0.3 is 5.32 Å². The zero-order valence-electron chi connectivity index (χ0n) is 8.78. The fourth-order valence-electron chi connectivity index (χ4n) is 1.40. The summed E-state index contributed by atoms with van der Waals surface area (Å²) in [6.45, 7) is 0. The van der Waals surface area contributed by atoms with Gasteiger partial charge in [-0.05, 0) is 59.0 Å². The van der Waals surface area contributed by atoms with Crippen molar-refractivity contribution in [2.24, 2.45) is 0 Å². The molecule has 1 amide bonds. The zero-order chi connectivity index (χ0) is 12.3. The molecule has 4 heteroatoms. The van der Waals surface area contributed by atoms with E-state index in [0.717, 1.165) is 13.7 Å². The van der Waals surface area contributed by atoms with Gasteiger partial charge in [0.05, 0.1) is 0 Å². The number of amides is 1. The standard InChI is InChI=1S/C13H9BrINO/c14-10-4-1-3-9(7-10)13(17)16-12-6-2-5-11(15)8-12/h1-8H,(H,16,17). The third-order valence-electron chi connectivity index (χ3n) is 2.17. The molecule has 0 bridgehead atoms. The van der Waals surface area contributed by atoms with Crippen molar-refractivity contribution in [1.29, 1.82) is 0 Å². The van der Waals surface area contributed by atoms with Crippen LogP contribution in [0, 0.1) is 3.57 Å². The molecule has 0 saturated carbocycles. The maximum Gasteiger partial charge on any atom is 0.255 e. The molecule has 0 radical (unpaired) electrons. The van der Waals surface area contributed by atoms with Crippen LogP contribution in [-0.2, 0) is 0 Å². The van der Waals surface area contributed by atoms with Crippen LogP contribution in [-0.4, -0.2) is 5.91 Å². The van der Waals surface area contributed by atoms with E-state index in [9.17, 15) is 4.79 Å². The Morgan fingerprint density at radius 1 is 1.12 bits per heavy atom. The average Bonchev–Trinajstić information content (AvgIpc) is 2.29. The van der Waals surface area contributed by atoms with Crippen molar-refractivity contribution in [2.45, 2.75) is 0 Å². The number of hydrogen-bond donors (Lipinski definition) is 1. The average molecular weight is 402 g/mol. The zero-order valence-corrected chi connectivity index (χ0v) is 12.5. The summed E-state index contributed by atoms with van der Waals surface area (Å²) in [6, 6.07) is 15.0. The van der Waals surface area contributed by atoms with E-state index in [1.165, 1.54) is 0 Å². The number of rotatable bonds is 2. The third-order valence-corrected chi connectivity index (χ3v) is 3.33. The van der Waals surface area contributed by atoms with Crippen LogP contribution in [0.5, 0.6) is 0 Å². The lowest BCUT2D eigenvalue weighted by Gasteiger charge is -2.05. The van der Waals surface area contributed by atoms with E-state index >= 15 is 0 Å². The van der Waals surface area contributed by atoms with Crippen LogP contribution in [0.2, 0.25) is 0 Å². The van der Waals surface area contributed by atoms with Crippen LogP contribution in [0.25, 0.3) is 0 Å². The minimum atomic E-state index is -0.103. The van der Waals surface area contributed by atoms with Crippen molar-refractivity contribution >= 4 is 50.1 Å². The monoisotopic (exact) mass is 401 g/mol. The lowest BCUT2D eigenvalue weighted by molar-refractivity contribution is 0.102. The molecule has 1 N–H and O–H groups in total. The molecule has 0 unspecified atom stereocenters. The Morgan fingerprint density at radius 2 is 1.88 bits per heavy atom. The van der Waals surface area contributed by atoms with Crippen molar-refractivity contribution in [3.63, 3.8) is 0 Å². The molecule has 0 fully saturated rings. The number of halogens is 2. The summed E-state index contributed by atoms with van der Waals surface area (Å²) in [7, 11) is 0. The first-order chi connectivity index (χ1) is 8.15. The van der Waals surface area contributed by atoms with E-state index in [-0.39, 0.29) is 5.91 Å². The SMILES string of the molecule is O=C(Nc1cccc(I)c1)c1cccc(Br)c1. The lowest BCUT2D eigenvalue weighted by Crippen LogP contribution is -2.11. The minimum absolute atomic E-state index is 0.103. The highest BCUT2D eigenvalue weighted by molar-refractivity contribution is 14.1. The summed E-state index contributed by atoms with van der Waals surface area (Å²) in [6.07, 6.45) is 0. The predicted octanol–water partition coefficient (Wildman–Crippen LogP) is 4.31. The van der Waals surface area contributed by atoms with E-state index in [1.54, 1.807) is 12.1 Å². The molecule has 0 aliphatic heterocycles. The highest BCUT2D eigenvalue weighted by Crippen LogP contribution is 2.15. The Morgan fingerprint density at radius 3 is 2.59 bits per heavy atom. The topological polar surface area (TPSA) is 29.1 Å². The second kappa shape index (κ2) is 5.64. The Labute approximate surface area is 122 Å². The van der Waals surface area contributed by atoms with Crippen LogP contribution >= 0.6 is 38.5 Å². The molecule has 17 heavy (non-hydrogen) atoms. The van der Waals surface area contributed by atoms with Crippen molar-refractivity contribution in [1.82, 2.24) is 0 Å². The summed E-state index contributed by atoms with van der Waals surface area (Å²) in [4.78, 5) is 11.9. The number of carbonyl (C=O) groups is 1. The molecule has 0 aliphatic carbocycles. The number of hydrogen-bond acceptors (Lipinski definition) is 1. The van der Waals surface area contributed by atoms with Gasteiger partial charge in [-0.2, -0.15) is 0 Å². The first-order valence-electron chi connectivity index (χ1n) is 4.97. The van der Waals surface area contributed by atoms with Gasteiger partial charge in [-0.3, -0.25) is 4.79 Å². The quantitative estimate of drug-likeness (QED) is 0.746. The first-order valence-corrected chi connectivity index (χ1v) is 6.85. The molecule has 2 aromatic carbocycles. The first kappa shape index (κ1) is 12.6. The molecular formula is C13H9BrINO. The molecule has 0 saturated heterocycles. The Hall–Kier alpha value is -0.880. The Kier molecular flexibility index (Phi) is 4.17. The van der Waals surface area contributed by atoms with E-state index < -0.39 is 0 Å². The Balaban J connectivity index is 2.17. The molecule has 2 nitrogen and oxygen atoms in total. The van der Waals surface area contributed by atoms with Gasteiger partial charge in [-0.25, -0.2) is 0 Å². The molecule has 2 aromatic rings. The maximum absolute atomic E-state index is 11.9. The number of anilines is 1. The van der Waals surface area contributed by atoms with Crippen LogP contribution in [0.3, 0.4) is 0 Å². The minimum Gasteiger partial charge on any atom is -0.322 e. The van der Waals surface area contributed by atoms with Gasteiger partial charge in [0.15, 0.2) is 0 Å². The second-order valence-corrected chi connectivity index (χ2v) is 5.64. The smallest absolute Gasteiger partial charge is 0.255 e. The van der Waals surface area contributed by atoms with Crippen LogP contribution in [0.15, 0.2) is 53.0 Å². The molecule has 0 spiro atoms. The highest BCUT2D eigenvalue weighted by atomic mass is 127. The van der Waals surface area contributed by atoms with E-state index in [0.29, 0.717) is 5.56 Å². The fraction of sp³-hybridized carbons (Fsp3) is 0. The van der Waals surface area contributed by atoms with E-state index in [4.69, 9.17) is 0 Å². The summed E-state index contributed by atoms with van der Waals surface area (Å²) in [5.41, 5.74) is 1.44. The van der Waals surface area contributed by atoms with Gasteiger partial charge in [0.2, 0.25) is 0 Å².